The van der Waals surface area contributed by atoms with E-state index in [0.29, 0.717) is 6.61 Å². The highest BCUT2D eigenvalue weighted by atomic mass is 16.5. The van der Waals surface area contributed by atoms with Crippen LogP contribution in [0.5, 0.6) is 0 Å². The van der Waals surface area contributed by atoms with Crippen LogP contribution in [-0.4, -0.2) is 47.2 Å². The van der Waals surface area contributed by atoms with Crippen LogP contribution < -0.4 is 0 Å². The van der Waals surface area contributed by atoms with Crippen molar-refractivity contribution in [3.8, 4) is 0 Å². The van der Waals surface area contributed by atoms with Crippen molar-refractivity contribution in [2.45, 2.75) is 52.2 Å². The molecule has 1 saturated heterocycles. The summed E-state index contributed by atoms with van der Waals surface area (Å²) in [6.07, 6.45) is 1.55. The number of rotatable bonds is 6. The fourth-order valence-electron chi connectivity index (χ4n) is 2.39. The summed E-state index contributed by atoms with van der Waals surface area (Å²) in [5.41, 5.74) is 0. The first-order valence-corrected chi connectivity index (χ1v) is 6.61. The van der Waals surface area contributed by atoms with Crippen LogP contribution in [0.15, 0.2) is 0 Å². The zero-order valence-electron chi connectivity index (χ0n) is 11.4. The van der Waals surface area contributed by atoms with Gasteiger partial charge in [-0.05, 0) is 26.7 Å². The molecule has 1 amide bonds. The van der Waals surface area contributed by atoms with Crippen molar-refractivity contribution in [3.05, 3.63) is 0 Å². The molecule has 0 aromatic carbocycles. The molecule has 1 rings (SSSR count). The van der Waals surface area contributed by atoms with Gasteiger partial charge in [0.25, 0.3) is 0 Å². The second-order valence-corrected chi connectivity index (χ2v) is 4.98. The van der Waals surface area contributed by atoms with Crippen LogP contribution >= 0.6 is 0 Å². The maximum Gasteiger partial charge on any atom is 0.305 e. The lowest BCUT2D eigenvalue weighted by molar-refractivity contribution is -0.141. The number of amides is 1. The van der Waals surface area contributed by atoms with E-state index in [1.54, 1.807) is 4.90 Å². The van der Waals surface area contributed by atoms with Crippen LogP contribution in [-0.2, 0) is 14.3 Å². The Bertz CT molecular complexity index is 303. The van der Waals surface area contributed by atoms with Gasteiger partial charge >= 0.3 is 5.97 Å². The van der Waals surface area contributed by atoms with Gasteiger partial charge in [-0.15, -0.1) is 0 Å². The van der Waals surface area contributed by atoms with Gasteiger partial charge in [0.05, 0.1) is 18.4 Å². The molecule has 104 valence electrons. The number of carbonyl (C=O) groups excluding carboxylic acids is 1. The maximum absolute atomic E-state index is 12.4. The lowest BCUT2D eigenvalue weighted by atomic mass is 9.97. The third-order valence-corrected chi connectivity index (χ3v) is 3.40. The van der Waals surface area contributed by atoms with E-state index in [4.69, 9.17) is 9.84 Å². The van der Waals surface area contributed by atoms with Gasteiger partial charge in [-0.2, -0.15) is 0 Å². The molecule has 5 nitrogen and oxygen atoms in total. The van der Waals surface area contributed by atoms with E-state index >= 15 is 0 Å². The number of hydrogen-bond donors (Lipinski definition) is 1. The number of nitrogens with zero attached hydrogens (tertiary/aromatic N) is 1. The van der Waals surface area contributed by atoms with Gasteiger partial charge in [0.15, 0.2) is 0 Å². The van der Waals surface area contributed by atoms with Gasteiger partial charge in [-0.25, -0.2) is 0 Å². The summed E-state index contributed by atoms with van der Waals surface area (Å²) in [6, 6.07) is 0.0231. The van der Waals surface area contributed by atoms with Crippen LogP contribution in [0.1, 0.15) is 40.0 Å². The molecule has 0 aromatic rings. The second-order valence-electron chi connectivity index (χ2n) is 4.98. The first-order valence-electron chi connectivity index (χ1n) is 6.61. The number of carboxylic acid groups (broad SMARTS) is 1. The highest BCUT2D eigenvalue weighted by Crippen LogP contribution is 2.26. The molecule has 1 N–H and O–H groups in total. The quantitative estimate of drug-likeness (QED) is 0.783. The highest BCUT2D eigenvalue weighted by Gasteiger charge is 2.36. The molecule has 0 aromatic heterocycles. The summed E-state index contributed by atoms with van der Waals surface area (Å²) in [6.45, 7) is 6.73. The van der Waals surface area contributed by atoms with Crippen LogP contribution in [0.3, 0.4) is 0 Å². The number of aliphatic carboxylic acids is 1. The Morgan fingerprint density at radius 2 is 2.11 bits per heavy atom. The molecule has 2 atom stereocenters. The van der Waals surface area contributed by atoms with Gasteiger partial charge < -0.3 is 14.7 Å². The minimum atomic E-state index is -0.872. The van der Waals surface area contributed by atoms with E-state index in [2.05, 4.69) is 0 Å². The SMILES string of the molecule is CCC1OCCC1C(=O)N(CCC(=O)O)C(C)C. The summed E-state index contributed by atoms with van der Waals surface area (Å²) in [5.74, 6) is -0.940. The largest absolute Gasteiger partial charge is 0.481 e. The lowest BCUT2D eigenvalue weighted by Crippen LogP contribution is -2.44. The zero-order valence-corrected chi connectivity index (χ0v) is 11.4. The Labute approximate surface area is 108 Å². The van der Waals surface area contributed by atoms with Gasteiger partial charge in [-0.1, -0.05) is 6.92 Å². The normalized spacial score (nSPS) is 23.3. The Balaban J connectivity index is 2.66. The van der Waals surface area contributed by atoms with Crippen LogP contribution in [0.4, 0.5) is 0 Å². The molecule has 0 radical (unpaired) electrons. The molecule has 0 bridgehead atoms. The average molecular weight is 257 g/mol. The van der Waals surface area contributed by atoms with Gasteiger partial charge in [0, 0.05) is 19.2 Å². The number of carboxylic acids is 1. The summed E-state index contributed by atoms with van der Waals surface area (Å²) < 4.78 is 5.53. The second kappa shape index (κ2) is 6.73. The molecule has 0 aliphatic carbocycles. The number of ether oxygens (including phenoxy) is 1. The van der Waals surface area contributed by atoms with Crippen molar-refractivity contribution in [2.75, 3.05) is 13.2 Å². The van der Waals surface area contributed by atoms with Crippen molar-refractivity contribution in [1.29, 1.82) is 0 Å². The van der Waals surface area contributed by atoms with Crippen LogP contribution in [0.2, 0.25) is 0 Å². The molecule has 1 heterocycles. The van der Waals surface area contributed by atoms with E-state index < -0.39 is 5.97 Å². The van der Waals surface area contributed by atoms with Gasteiger partial charge in [-0.3, -0.25) is 9.59 Å². The van der Waals surface area contributed by atoms with E-state index in [1.807, 2.05) is 20.8 Å². The monoisotopic (exact) mass is 257 g/mol. The summed E-state index contributed by atoms with van der Waals surface area (Å²) >= 11 is 0. The fraction of sp³-hybridized carbons (Fsp3) is 0.846. The minimum absolute atomic E-state index is 0.00567. The lowest BCUT2D eigenvalue weighted by Gasteiger charge is -2.30. The Morgan fingerprint density at radius 3 is 2.61 bits per heavy atom. The van der Waals surface area contributed by atoms with Crippen molar-refractivity contribution in [1.82, 2.24) is 4.90 Å². The van der Waals surface area contributed by atoms with E-state index in [9.17, 15) is 9.59 Å². The van der Waals surface area contributed by atoms with E-state index in [1.165, 1.54) is 0 Å². The van der Waals surface area contributed by atoms with Crippen molar-refractivity contribution in [3.63, 3.8) is 0 Å². The Kier molecular flexibility index (Phi) is 5.59. The average Bonchev–Trinajstić information content (AvgIpc) is 2.75. The van der Waals surface area contributed by atoms with Crippen molar-refractivity contribution < 1.29 is 19.4 Å². The van der Waals surface area contributed by atoms with Crippen LogP contribution in [0.25, 0.3) is 0 Å². The molecule has 0 saturated carbocycles. The summed E-state index contributed by atoms with van der Waals surface area (Å²) in [7, 11) is 0. The topological polar surface area (TPSA) is 66.8 Å². The Hall–Kier alpha value is -1.10. The molecular formula is C13H23NO4. The standard InChI is InChI=1S/C13H23NO4/c1-4-11-10(6-8-18-11)13(17)14(9(2)3)7-5-12(15)16/h9-11H,4-8H2,1-3H3,(H,15,16). The fourth-order valence-corrected chi connectivity index (χ4v) is 2.39. The first kappa shape index (κ1) is 15.0. The molecule has 0 spiro atoms. The molecular weight excluding hydrogens is 234 g/mol. The van der Waals surface area contributed by atoms with Gasteiger partial charge in [0.1, 0.15) is 0 Å². The molecule has 5 heteroatoms. The smallest absolute Gasteiger partial charge is 0.305 e. The molecule has 1 aliphatic rings. The first-order chi connectivity index (χ1) is 8.47. The van der Waals surface area contributed by atoms with Crippen molar-refractivity contribution >= 4 is 11.9 Å². The third-order valence-electron chi connectivity index (χ3n) is 3.40. The zero-order chi connectivity index (χ0) is 13.7. The predicted octanol–water partition coefficient (Wildman–Crippen LogP) is 1.51. The molecule has 1 aliphatic heterocycles. The van der Waals surface area contributed by atoms with Crippen LogP contribution in [0, 0.1) is 5.92 Å². The van der Waals surface area contributed by atoms with E-state index in [0.717, 1.165) is 12.8 Å². The third kappa shape index (κ3) is 3.70. The highest BCUT2D eigenvalue weighted by molar-refractivity contribution is 5.80. The number of hydrogen-bond acceptors (Lipinski definition) is 3. The Morgan fingerprint density at radius 1 is 1.44 bits per heavy atom. The predicted molar refractivity (Wildman–Crippen MR) is 67.2 cm³/mol. The summed E-state index contributed by atoms with van der Waals surface area (Å²) in [4.78, 5) is 24.7. The minimum Gasteiger partial charge on any atom is -0.481 e. The molecule has 2 unspecified atom stereocenters. The summed E-state index contributed by atoms with van der Waals surface area (Å²) in [5, 5.41) is 8.73. The number of carbonyl (C=O) groups is 2. The molecule has 18 heavy (non-hydrogen) atoms. The van der Waals surface area contributed by atoms with Gasteiger partial charge in [0.2, 0.25) is 5.91 Å². The van der Waals surface area contributed by atoms with E-state index in [-0.39, 0.29) is 36.9 Å². The maximum atomic E-state index is 12.4. The molecule has 1 fully saturated rings. The van der Waals surface area contributed by atoms with Crippen molar-refractivity contribution in [2.24, 2.45) is 5.92 Å².